The maximum atomic E-state index is 12.0. The molecule has 3 nitrogen and oxygen atoms in total. The normalized spacial score (nSPS) is 20.6. The molecule has 1 fully saturated rings. The smallest absolute Gasteiger partial charge is 0.220 e. The van der Waals surface area contributed by atoms with E-state index in [4.69, 9.17) is 0 Å². The molecule has 1 aliphatic heterocycles. The Morgan fingerprint density at radius 2 is 2.33 bits per heavy atom. The summed E-state index contributed by atoms with van der Waals surface area (Å²) >= 11 is 1.44. The first-order chi connectivity index (χ1) is 7.20. The SMILES string of the molecule is CC(=O)N1CCCC1C(=O)c1cccs1. The lowest BCUT2D eigenvalue weighted by Crippen LogP contribution is -2.38. The number of amides is 1. The van der Waals surface area contributed by atoms with Crippen molar-refractivity contribution in [3.05, 3.63) is 22.4 Å². The molecule has 0 bridgehead atoms. The highest BCUT2D eigenvalue weighted by Gasteiger charge is 2.33. The van der Waals surface area contributed by atoms with Crippen LogP contribution < -0.4 is 0 Å². The average molecular weight is 223 g/mol. The van der Waals surface area contributed by atoms with Crippen LogP contribution >= 0.6 is 11.3 Å². The monoisotopic (exact) mass is 223 g/mol. The van der Waals surface area contributed by atoms with E-state index in [0.29, 0.717) is 0 Å². The summed E-state index contributed by atoms with van der Waals surface area (Å²) in [5.74, 6) is 0.0973. The lowest BCUT2D eigenvalue weighted by atomic mass is 10.1. The van der Waals surface area contributed by atoms with E-state index in [0.717, 1.165) is 24.3 Å². The molecule has 0 saturated carbocycles. The third-order valence-corrected chi connectivity index (χ3v) is 3.61. The fourth-order valence-corrected chi connectivity index (χ4v) is 2.71. The van der Waals surface area contributed by atoms with E-state index in [-0.39, 0.29) is 17.7 Å². The summed E-state index contributed by atoms with van der Waals surface area (Å²) < 4.78 is 0. The van der Waals surface area contributed by atoms with Crippen LogP contribution in [0.3, 0.4) is 0 Å². The minimum Gasteiger partial charge on any atom is -0.332 e. The Bertz CT molecular complexity index is 372. The van der Waals surface area contributed by atoms with Gasteiger partial charge in [-0.15, -0.1) is 11.3 Å². The summed E-state index contributed by atoms with van der Waals surface area (Å²) in [6.07, 6.45) is 1.73. The van der Waals surface area contributed by atoms with Crippen molar-refractivity contribution in [2.45, 2.75) is 25.8 Å². The Kier molecular flexibility index (Phi) is 2.86. The van der Waals surface area contributed by atoms with Gasteiger partial charge in [-0.25, -0.2) is 0 Å². The average Bonchev–Trinajstić information content (AvgIpc) is 2.88. The van der Waals surface area contributed by atoms with Gasteiger partial charge in [0.2, 0.25) is 5.91 Å². The Hall–Kier alpha value is -1.16. The van der Waals surface area contributed by atoms with E-state index >= 15 is 0 Å². The molecule has 0 aliphatic carbocycles. The summed E-state index contributed by atoms with van der Waals surface area (Å²) in [5.41, 5.74) is 0. The predicted octanol–water partition coefficient (Wildman–Crippen LogP) is 1.94. The first-order valence-electron chi connectivity index (χ1n) is 5.05. The van der Waals surface area contributed by atoms with Crippen molar-refractivity contribution in [2.75, 3.05) is 6.54 Å². The molecule has 0 radical (unpaired) electrons. The number of ketones is 1. The summed E-state index contributed by atoms with van der Waals surface area (Å²) in [6, 6.07) is 3.47. The molecule has 1 unspecified atom stereocenters. The molecular formula is C11H13NO2S. The Labute approximate surface area is 92.7 Å². The molecule has 1 aromatic heterocycles. The minimum atomic E-state index is -0.221. The molecule has 1 amide bonds. The molecule has 0 spiro atoms. The molecule has 1 aliphatic rings. The molecule has 1 saturated heterocycles. The predicted molar refractivity (Wildman–Crippen MR) is 59.1 cm³/mol. The number of carbonyl (C=O) groups is 2. The van der Waals surface area contributed by atoms with E-state index in [1.165, 1.54) is 18.3 Å². The summed E-state index contributed by atoms with van der Waals surface area (Å²) in [6.45, 7) is 2.25. The van der Waals surface area contributed by atoms with Gasteiger partial charge >= 0.3 is 0 Å². The number of nitrogens with zero attached hydrogens (tertiary/aromatic N) is 1. The van der Waals surface area contributed by atoms with Crippen LogP contribution in [0.25, 0.3) is 0 Å². The third kappa shape index (κ3) is 1.95. The second-order valence-corrected chi connectivity index (χ2v) is 4.66. The van der Waals surface area contributed by atoms with Crippen LogP contribution in [0.5, 0.6) is 0 Å². The second-order valence-electron chi connectivity index (χ2n) is 3.71. The van der Waals surface area contributed by atoms with Crippen LogP contribution in [-0.2, 0) is 4.79 Å². The number of hydrogen-bond acceptors (Lipinski definition) is 3. The van der Waals surface area contributed by atoms with Crippen molar-refractivity contribution in [3.63, 3.8) is 0 Å². The highest BCUT2D eigenvalue weighted by molar-refractivity contribution is 7.12. The molecule has 0 N–H and O–H groups in total. The van der Waals surface area contributed by atoms with Gasteiger partial charge < -0.3 is 4.90 Å². The molecule has 2 heterocycles. The lowest BCUT2D eigenvalue weighted by molar-refractivity contribution is -0.128. The zero-order valence-electron chi connectivity index (χ0n) is 8.60. The van der Waals surface area contributed by atoms with Gasteiger partial charge in [0.15, 0.2) is 5.78 Å². The third-order valence-electron chi connectivity index (χ3n) is 2.72. The molecular weight excluding hydrogens is 210 g/mol. The van der Waals surface area contributed by atoms with Crippen molar-refractivity contribution in [2.24, 2.45) is 0 Å². The molecule has 4 heteroatoms. The van der Waals surface area contributed by atoms with Gasteiger partial charge in [-0.1, -0.05) is 6.07 Å². The van der Waals surface area contributed by atoms with Crippen LogP contribution in [0.1, 0.15) is 29.4 Å². The van der Waals surface area contributed by atoms with Gasteiger partial charge in [-0.2, -0.15) is 0 Å². The summed E-state index contributed by atoms with van der Waals surface area (Å²) in [5, 5.41) is 1.89. The maximum Gasteiger partial charge on any atom is 0.220 e. The first kappa shape index (κ1) is 10.4. The van der Waals surface area contributed by atoms with Crippen molar-refractivity contribution < 1.29 is 9.59 Å². The van der Waals surface area contributed by atoms with Gasteiger partial charge in [0.1, 0.15) is 0 Å². The zero-order valence-corrected chi connectivity index (χ0v) is 9.42. The molecule has 80 valence electrons. The van der Waals surface area contributed by atoms with E-state index in [9.17, 15) is 9.59 Å². The largest absolute Gasteiger partial charge is 0.332 e. The van der Waals surface area contributed by atoms with Gasteiger partial charge in [-0.05, 0) is 24.3 Å². The number of Topliss-reactive ketones (excluding diaryl/α,β-unsaturated/α-hetero) is 1. The molecule has 1 atom stereocenters. The fraction of sp³-hybridized carbons (Fsp3) is 0.455. The van der Waals surface area contributed by atoms with Gasteiger partial charge in [-0.3, -0.25) is 9.59 Å². The van der Waals surface area contributed by atoms with Crippen LogP contribution in [0.15, 0.2) is 17.5 Å². The topological polar surface area (TPSA) is 37.4 Å². The van der Waals surface area contributed by atoms with Gasteiger partial charge in [0, 0.05) is 13.5 Å². The van der Waals surface area contributed by atoms with E-state index in [1.54, 1.807) is 4.90 Å². The highest BCUT2D eigenvalue weighted by atomic mass is 32.1. The number of carbonyl (C=O) groups excluding carboxylic acids is 2. The quantitative estimate of drug-likeness (QED) is 0.718. The van der Waals surface area contributed by atoms with Crippen LogP contribution in [0.4, 0.5) is 0 Å². The van der Waals surface area contributed by atoms with Gasteiger partial charge in [0.05, 0.1) is 10.9 Å². The van der Waals surface area contributed by atoms with Crippen molar-refractivity contribution in [1.29, 1.82) is 0 Å². The molecule has 0 aromatic carbocycles. The second kappa shape index (κ2) is 4.14. The fourth-order valence-electron chi connectivity index (χ4n) is 2.00. The van der Waals surface area contributed by atoms with Crippen LogP contribution in [0.2, 0.25) is 0 Å². The Morgan fingerprint density at radius 3 is 2.93 bits per heavy atom. The molecule has 15 heavy (non-hydrogen) atoms. The number of rotatable bonds is 2. The van der Waals surface area contributed by atoms with E-state index in [2.05, 4.69) is 0 Å². The number of hydrogen-bond donors (Lipinski definition) is 0. The molecule has 2 rings (SSSR count). The van der Waals surface area contributed by atoms with Crippen molar-refractivity contribution in [3.8, 4) is 0 Å². The van der Waals surface area contributed by atoms with Gasteiger partial charge in [0.25, 0.3) is 0 Å². The number of thiophene rings is 1. The summed E-state index contributed by atoms with van der Waals surface area (Å²) in [7, 11) is 0. The Balaban J connectivity index is 2.17. The minimum absolute atomic E-state index is 0.00223. The standard InChI is InChI=1S/C11H13NO2S/c1-8(13)12-6-2-4-9(12)11(14)10-5-3-7-15-10/h3,5,7,9H,2,4,6H2,1H3. The lowest BCUT2D eigenvalue weighted by Gasteiger charge is -2.21. The Morgan fingerprint density at radius 1 is 1.53 bits per heavy atom. The van der Waals surface area contributed by atoms with E-state index < -0.39 is 0 Å². The highest BCUT2D eigenvalue weighted by Crippen LogP contribution is 2.23. The van der Waals surface area contributed by atoms with E-state index in [1.807, 2.05) is 17.5 Å². The zero-order chi connectivity index (χ0) is 10.8. The van der Waals surface area contributed by atoms with Crippen molar-refractivity contribution >= 4 is 23.0 Å². The van der Waals surface area contributed by atoms with Crippen LogP contribution in [0, 0.1) is 0 Å². The maximum absolute atomic E-state index is 12.0. The first-order valence-corrected chi connectivity index (χ1v) is 5.93. The number of likely N-dealkylation sites (tertiary alicyclic amines) is 1. The van der Waals surface area contributed by atoms with Crippen LogP contribution in [-0.4, -0.2) is 29.2 Å². The van der Waals surface area contributed by atoms with Crippen molar-refractivity contribution in [1.82, 2.24) is 4.90 Å². The summed E-state index contributed by atoms with van der Waals surface area (Å²) in [4.78, 5) is 25.8. The molecule has 1 aromatic rings.